The van der Waals surface area contributed by atoms with E-state index in [1.54, 1.807) is 42.6 Å². The van der Waals surface area contributed by atoms with Crippen molar-refractivity contribution in [1.29, 1.82) is 5.26 Å². The molecule has 5 heterocycles. The SMILES string of the molecule is C[C@@H]1CN(c2ccc(C#N)c(Cl)c2)[C@@H](C)CN1C(=O)Nc1ccc(OCCCCCN2CCN(c3ccc4c(c3)C(=O)N([C@@H]3CCC(=O)NC3=O)C4=O)CC2)nc1. The summed E-state index contributed by atoms with van der Waals surface area (Å²) in [5.74, 6) is -1.50. The van der Waals surface area contributed by atoms with Crippen LogP contribution in [0.4, 0.5) is 21.9 Å². The molecule has 0 aliphatic carbocycles. The van der Waals surface area contributed by atoms with Crippen LogP contribution in [-0.4, -0.2) is 120 Å². The largest absolute Gasteiger partial charge is 0.478 e. The van der Waals surface area contributed by atoms with Gasteiger partial charge in [0, 0.05) is 75.2 Å². The molecule has 16 heteroatoms. The van der Waals surface area contributed by atoms with Gasteiger partial charge < -0.3 is 24.8 Å². The number of carbonyl (C=O) groups excluding carboxylic acids is 5. The molecule has 3 fully saturated rings. The number of piperazine rings is 2. The van der Waals surface area contributed by atoms with Gasteiger partial charge in [-0.2, -0.15) is 5.26 Å². The van der Waals surface area contributed by atoms with Gasteiger partial charge in [0.2, 0.25) is 17.7 Å². The highest BCUT2D eigenvalue weighted by atomic mass is 35.5. The van der Waals surface area contributed by atoms with Gasteiger partial charge in [0.15, 0.2) is 0 Å². The molecule has 0 radical (unpaired) electrons. The van der Waals surface area contributed by atoms with Gasteiger partial charge in [-0.05, 0) is 88.5 Å². The Morgan fingerprint density at radius 1 is 0.930 bits per heavy atom. The lowest BCUT2D eigenvalue weighted by Gasteiger charge is -2.45. The number of anilines is 3. The third-order valence-corrected chi connectivity index (χ3v) is 11.5. The average Bonchev–Trinajstić information content (AvgIpc) is 3.45. The van der Waals surface area contributed by atoms with Crippen LogP contribution in [-0.2, 0) is 9.59 Å². The van der Waals surface area contributed by atoms with Gasteiger partial charge in [-0.15, -0.1) is 0 Å². The summed E-state index contributed by atoms with van der Waals surface area (Å²) >= 11 is 6.28. The van der Waals surface area contributed by atoms with Gasteiger partial charge in [0.05, 0.1) is 40.2 Å². The van der Waals surface area contributed by atoms with Gasteiger partial charge in [-0.1, -0.05) is 11.6 Å². The minimum atomic E-state index is -0.976. The molecule has 3 atom stereocenters. The number of fused-ring (bicyclic) bond motifs is 1. The highest BCUT2D eigenvalue weighted by molar-refractivity contribution is 6.32. The van der Waals surface area contributed by atoms with Crippen LogP contribution in [0.2, 0.25) is 5.02 Å². The number of halogens is 1. The van der Waals surface area contributed by atoms with Crippen LogP contribution in [0.5, 0.6) is 5.88 Å². The molecular formula is C41H46ClN9O6. The number of amides is 6. The maximum atomic E-state index is 13.2. The summed E-state index contributed by atoms with van der Waals surface area (Å²) in [6, 6.07) is 15.1. The Balaban J connectivity index is 0.787. The lowest BCUT2D eigenvalue weighted by Crippen LogP contribution is -2.59. The van der Waals surface area contributed by atoms with Crippen molar-refractivity contribution >= 4 is 58.3 Å². The lowest BCUT2D eigenvalue weighted by molar-refractivity contribution is -0.136. The third-order valence-electron chi connectivity index (χ3n) is 11.2. The van der Waals surface area contributed by atoms with E-state index in [-0.39, 0.29) is 36.5 Å². The van der Waals surface area contributed by atoms with Crippen LogP contribution in [0.25, 0.3) is 0 Å². The number of carbonyl (C=O) groups is 5. The molecule has 7 rings (SSSR count). The number of hydrogen-bond donors (Lipinski definition) is 2. The van der Waals surface area contributed by atoms with Crippen molar-refractivity contribution in [2.45, 2.75) is 64.1 Å². The number of nitrogens with one attached hydrogen (secondary N) is 2. The predicted molar refractivity (Wildman–Crippen MR) is 214 cm³/mol. The molecule has 15 nitrogen and oxygen atoms in total. The second-order valence-corrected chi connectivity index (χ2v) is 15.4. The summed E-state index contributed by atoms with van der Waals surface area (Å²) in [5.41, 5.74) is 3.39. The van der Waals surface area contributed by atoms with Crippen LogP contribution in [0.3, 0.4) is 0 Å². The number of imide groups is 2. The zero-order valence-electron chi connectivity index (χ0n) is 32.1. The van der Waals surface area contributed by atoms with E-state index in [9.17, 15) is 29.2 Å². The molecule has 3 aromatic rings. The zero-order valence-corrected chi connectivity index (χ0v) is 32.8. The molecule has 57 heavy (non-hydrogen) atoms. The van der Waals surface area contributed by atoms with Crippen LogP contribution in [0, 0.1) is 11.3 Å². The summed E-state index contributed by atoms with van der Waals surface area (Å²) in [5, 5.41) is 14.8. The van der Waals surface area contributed by atoms with Crippen LogP contribution < -0.4 is 25.2 Å². The maximum Gasteiger partial charge on any atom is 0.322 e. The smallest absolute Gasteiger partial charge is 0.322 e. The fraction of sp³-hybridized carbons (Fsp3) is 0.439. The van der Waals surface area contributed by atoms with Crippen molar-refractivity contribution in [2.75, 3.05) is 67.5 Å². The van der Waals surface area contributed by atoms with E-state index in [1.165, 1.54) is 0 Å². The van der Waals surface area contributed by atoms with E-state index in [4.69, 9.17) is 16.3 Å². The van der Waals surface area contributed by atoms with Crippen LogP contribution in [0.15, 0.2) is 54.7 Å². The summed E-state index contributed by atoms with van der Waals surface area (Å²) < 4.78 is 5.87. The van der Waals surface area contributed by atoms with Gasteiger partial charge in [-0.25, -0.2) is 9.78 Å². The fourth-order valence-corrected chi connectivity index (χ4v) is 8.17. The lowest BCUT2D eigenvalue weighted by atomic mass is 10.0. The zero-order chi connectivity index (χ0) is 40.2. The Kier molecular flexibility index (Phi) is 11.9. The van der Waals surface area contributed by atoms with Crippen molar-refractivity contribution < 1.29 is 28.7 Å². The first kappa shape index (κ1) is 39.5. The molecule has 1 aromatic heterocycles. The highest BCUT2D eigenvalue weighted by Crippen LogP contribution is 2.32. The second-order valence-electron chi connectivity index (χ2n) is 15.0. The molecule has 2 aromatic carbocycles. The number of ether oxygens (including phenoxy) is 1. The molecule has 6 amide bonds. The molecule has 0 spiro atoms. The normalized spacial score (nSPS) is 21.3. The molecule has 3 saturated heterocycles. The molecule has 0 unspecified atom stereocenters. The van der Waals surface area contributed by atoms with E-state index < -0.39 is 29.7 Å². The van der Waals surface area contributed by atoms with E-state index in [1.807, 2.05) is 24.0 Å². The molecule has 2 N–H and O–H groups in total. The topological polar surface area (TPSA) is 172 Å². The van der Waals surface area contributed by atoms with E-state index in [0.29, 0.717) is 47.4 Å². The standard InChI is InChI=1S/C41H46ClN9O6/c1-26-25-50(27(2)24-49(26)31-8-6-28(22-43)34(42)21-31)41(56)45-29-7-13-37(44-23-29)57-19-5-3-4-14-47-15-17-48(18-16-47)30-9-10-32-33(20-30)40(55)51(39(32)54)35-11-12-36(52)46-38(35)53/h6-10,13,20-21,23,26-27,35H,3-5,11-12,14-19,24-25H2,1-2H3,(H,45,56)(H,46,52,53)/t26-,27+,35+/m0/s1. The molecule has 0 saturated carbocycles. The Bertz CT molecular complexity index is 2080. The maximum absolute atomic E-state index is 13.2. The van der Waals surface area contributed by atoms with Gasteiger partial charge >= 0.3 is 6.03 Å². The average molecular weight is 796 g/mol. The second kappa shape index (κ2) is 17.2. The number of unbranched alkanes of at least 4 members (excludes halogenated alkanes) is 2. The summed E-state index contributed by atoms with van der Waals surface area (Å²) in [4.78, 5) is 77.5. The summed E-state index contributed by atoms with van der Waals surface area (Å²) in [7, 11) is 0. The Labute approximate surface area is 336 Å². The number of rotatable bonds is 11. The molecule has 4 aliphatic heterocycles. The number of nitriles is 1. The van der Waals surface area contributed by atoms with Gasteiger partial charge in [0.25, 0.3) is 11.8 Å². The first-order chi connectivity index (χ1) is 27.5. The van der Waals surface area contributed by atoms with Crippen LogP contribution in [0.1, 0.15) is 72.2 Å². The van der Waals surface area contributed by atoms with Crippen molar-refractivity contribution in [3.63, 3.8) is 0 Å². The summed E-state index contributed by atoms with van der Waals surface area (Å²) in [6.07, 6.45) is 4.73. The van der Waals surface area contributed by atoms with Gasteiger partial charge in [-0.3, -0.25) is 34.3 Å². The van der Waals surface area contributed by atoms with Crippen molar-refractivity contribution in [3.8, 4) is 11.9 Å². The molecular weight excluding hydrogens is 750 g/mol. The first-order valence-electron chi connectivity index (χ1n) is 19.5. The molecule has 4 aliphatic rings. The minimum absolute atomic E-state index is 0.0456. The van der Waals surface area contributed by atoms with Crippen molar-refractivity contribution in [3.05, 3.63) is 76.4 Å². The number of pyridine rings is 1. The summed E-state index contributed by atoms with van der Waals surface area (Å²) in [6.45, 7) is 10.0. The predicted octanol–water partition coefficient (Wildman–Crippen LogP) is 4.51. The fourth-order valence-electron chi connectivity index (χ4n) is 7.95. The third kappa shape index (κ3) is 8.67. The van der Waals surface area contributed by atoms with Crippen molar-refractivity contribution in [1.82, 2.24) is 25.0 Å². The van der Waals surface area contributed by atoms with E-state index >= 15 is 0 Å². The Morgan fingerprint density at radius 3 is 2.42 bits per heavy atom. The quantitative estimate of drug-likeness (QED) is 0.207. The van der Waals surface area contributed by atoms with E-state index in [2.05, 4.69) is 43.3 Å². The molecule has 0 bridgehead atoms. The van der Waals surface area contributed by atoms with Crippen molar-refractivity contribution in [2.24, 2.45) is 0 Å². The minimum Gasteiger partial charge on any atom is -0.478 e. The monoisotopic (exact) mass is 795 g/mol. The Hall–Kier alpha value is -5.72. The number of piperidine rings is 1. The van der Waals surface area contributed by atoms with Gasteiger partial charge in [0.1, 0.15) is 12.1 Å². The Morgan fingerprint density at radius 2 is 1.70 bits per heavy atom. The first-order valence-corrected chi connectivity index (χ1v) is 19.8. The number of urea groups is 1. The number of hydrogen-bond acceptors (Lipinski definition) is 11. The van der Waals surface area contributed by atoms with E-state index in [0.717, 1.165) is 68.3 Å². The van der Waals surface area contributed by atoms with Crippen LogP contribution >= 0.6 is 11.6 Å². The highest BCUT2D eigenvalue weighted by Gasteiger charge is 2.45. The number of aromatic nitrogens is 1. The number of benzene rings is 2. The molecule has 298 valence electrons. The number of nitrogens with zero attached hydrogens (tertiary/aromatic N) is 7.